The fourth-order valence-electron chi connectivity index (χ4n) is 4.00. The summed E-state index contributed by atoms with van der Waals surface area (Å²) < 4.78 is 2.05. The van der Waals surface area contributed by atoms with Crippen LogP contribution in [0.2, 0.25) is 0 Å². The number of fused-ring (bicyclic) bond motifs is 1. The zero-order valence-corrected chi connectivity index (χ0v) is 19.4. The summed E-state index contributed by atoms with van der Waals surface area (Å²) in [5, 5.41) is 0. The number of hydrogen-bond acceptors (Lipinski definition) is 2. The lowest BCUT2D eigenvalue weighted by Crippen LogP contribution is -2.24. The number of halogens is 1. The molecule has 162 valence electrons. The highest BCUT2D eigenvalue weighted by Crippen LogP contribution is 2.22. The molecule has 0 aliphatic heterocycles. The first-order valence-corrected chi connectivity index (χ1v) is 11.1. The van der Waals surface area contributed by atoms with Gasteiger partial charge in [0, 0.05) is 17.3 Å². The Kier molecular flexibility index (Phi) is 9.61. The number of ketones is 1. The van der Waals surface area contributed by atoms with Crippen molar-refractivity contribution in [2.75, 3.05) is 19.6 Å². The second kappa shape index (κ2) is 11.9. The summed E-state index contributed by atoms with van der Waals surface area (Å²) in [6.45, 7) is 9.96. The van der Waals surface area contributed by atoms with Gasteiger partial charge in [-0.05, 0) is 74.6 Å². The van der Waals surface area contributed by atoms with Crippen LogP contribution in [0.5, 0.6) is 0 Å². The average molecular weight is 427 g/mol. The normalized spacial score (nSPS) is 11.1. The molecule has 0 aliphatic rings. The van der Waals surface area contributed by atoms with Crippen molar-refractivity contribution in [3.8, 4) is 0 Å². The standard InChI is InChI=1S/C26H34N2O.ClH/c1-4-7-12-23-20-24-13-8-9-19-28(24)25(23)26(29)22-16-14-21(15-17-22)11-10-18-27(5-2)6-3;/h8-9,13-17,19-20H,4-7,10-12,18H2,1-3H3;1H. The van der Waals surface area contributed by atoms with E-state index in [0.29, 0.717) is 0 Å². The van der Waals surface area contributed by atoms with Gasteiger partial charge in [0.15, 0.2) is 0 Å². The van der Waals surface area contributed by atoms with Crippen molar-refractivity contribution in [1.29, 1.82) is 0 Å². The maximum atomic E-state index is 13.4. The molecule has 0 spiro atoms. The molecule has 0 saturated carbocycles. The summed E-state index contributed by atoms with van der Waals surface area (Å²) in [6, 6.07) is 16.5. The Hall–Kier alpha value is -2.10. The van der Waals surface area contributed by atoms with Gasteiger partial charge in [0.05, 0.1) is 5.69 Å². The Bertz CT molecular complexity index is 926. The summed E-state index contributed by atoms with van der Waals surface area (Å²) in [7, 11) is 0. The van der Waals surface area contributed by atoms with Crippen LogP contribution in [0.25, 0.3) is 5.52 Å². The fourth-order valence-corrected chi connectivity index (χ4v) is 4.00. The van der Waals surface area contributed by atoms with E-state index in [4.69, 9.17) is 0 Å². The SMILES string of the molecule is CCCCc1cc2ccccn2c1C(=O)c1ccc(CCCN(CC)CC)cc1.Cl. The van der Waals surface area contributed by atoms with Crippen molar-refractivity contribution in [2.45, 2.75) is 52.9 Å². The lowest BCUT2D eigenvalue weighted by molar-refractivity contribution is 0.103. The fraction of sp³-hybridized carbons (Fsp3) is 0.423. The number of carbonyl (C=O) groups excluding carboxylic acids is 1. The number of aryl methyl sites for hydroxylation is 2. The van der Waals surface area contributed by atoms with E-state index in [1.54, 1.807) is 0 Å². The zero-order valence-electron chi connectivity index (χ0n) is 18.6. The smallest absolute Gasteiger partial charge is 0.210 e. The first-order chi connectivity index (χ1) is 14.2. The molecule has 0 atom stereocenters. The van der Waals surface area contributed by atoms with Crippen LogP contribution in [0.15, 0.2) is 54.7 Å². The number of aromatic nitrogens is 1. The van der Waals surface area contributed by atoms with Crippen LogP contribution in [0.4, 0.5) is 0 Å². The maximum absolute atomic E-state index is 13.4. The van der Waals surface area contributed by atoms with Gasteiger partial charge in [-0.2, -0.15) is 0 Å². The molecule has 0 saturated heterocycles. The molecular weight excluding hydrogens is 392 g/mol. The maximum Gasteiger partial charge on any atom is 0.210 e. The molecule has 2 aromatic heterocycles. The third-order valence-electron chi connectivity index (χ3n) is 5.82. The first-order valence-electron chi connectivity index (χ1n) is 11.1. The van der Waals surface area contributed by atoms with E-state index in [1.165, 1.54) is 5.56 Å². The van der Waals surface area contributed by atoms with Crippen LogP contribution in [0, 0.1) is 0 Å². The molecule has 0 N–H and O–H groups in total. The Morgan fingerprint density at radius 3 is 2.33 bits per heavy atom. The summed E-state index contributed by atoms with van der Waals surface area (Å²) in [6.07, 6.45) is 7.38. The van der Waals surface area contributed by atoms with E-state index in [9.17, 15) is 4.79 Å². The first kappa shape index (κ1) is 24.2. The highest BCUT2D eigenvalue weighted by molar-refractivity contribution is 6.09. The van der Waals surface area contributed by atoms with E-state index in [0.717, 1.165) is 74.1 Å². The number of nitrogens with zero attached hydrogens (tertiary/aromatic N) is 2. The predicted octanol–water partition coefficient (Wildman–Crippen LogP) is 6.21. The Labute approximate surface area is 187 Å². The minimum Gasteiger partial charge on any atom is -0.313 e. The molecule has 3 aromatic rings. The van der Waals surface area contributed by atoms with E-state index in [-0.39, 0.29) is 18.2 Å². The van der Waals surface area contributed by atoms with Gasteiger partial charge < -0.3 is 9.30 Å². The molecule has 4 heteroatoms. The van der Waals surface area contributed by atoms with Crippen molar-refractivity contribution in [3.63, 3.8) is 0 Å². The Morgan fingerprint density at radius 1 is 0.933 bits per heavy atom. The number of benzene rings is 1. The molecule has 1 aromatic carbocycles. The van der Waals surface area contributed by atoms with Crippen LogP contribution in [0.1, 0.15) is 67.2 Å². The van der Waals surface area contributed by atoms with Crippen LogP contribution in [-0.2, 0) is 12.8 Å². The molecule has 2 heterocycles. The molecular formula is C26H35ClN2O. The van der Waals surface area contributed by atoms with E-state index in [1.807, 2.05) is 34.9 Å². The van der Waals surface area contributed by atoms with Gasteiger partial charge >= 0.3 is 0 Å². The Morgan fingerprint density at radius 2 is 1.67 bits per heavy atom. The predicted molar refractivity (Wildman–Crippen MR) is 129 cm³/mol. The molecule has 0 amide bonds. The third kappa shape index (κ3) is 5.74. The number of rotatable bonds is 11. The molecule has 0 radical (unpaired) electrons. The summed E-state index contributed by atoms with van der Waals surface area (Å²) in [5.74, 6) is 0.122. The number of carbonyl (C=O) groups is 1. The number of pyridine rings is 1. The molecule has 3 nitrogen and oxygen atoms in total. The van der Waals surface area contributed by atoms with Crippen molar-refractivity contribution in [1.82, 2.24) is 9.30 Å². The highest BCUT2D eigenvalue weighted by atomic mass is 35.5. The second-order valence-corrected chi connectivity index (χ2v) is 7.77. The topological polar surface area (TPSA) is 24.7 Å². The molecule has 0 fully saturated rings. The molecule has 3 rings (SSSR count). The number of hydrogen-bond donors (Lipinski definition) is 0. The highest BCUT2D eigenvalue weighted by Gasteiger charge is 2.18. The van der Waals surface area contributed by atoms with Crippen LogP contribution >= 0.6 is 12.4 Å². The van der Waals surface area contributed by atoms with Gasteiger partial charge in [-0.25, -0.2) is 0 Å². The van der Waals surface area contributed by atoms with Crippen molar-refractivity contribution in [2.24, 2.45) is 0 Å². The van der Waals surface area contributed by atoms with Crippen molar-refractivity contribution < 1.29 is 4.79 Å². The zero-order chi connectivity index (χ0) is 20.6. The summed E-state index contributed by atoms with van der Waals surface area (Å²) >= 11 is 0. The van der Waals surface area contributed by atoms with E-state index < -0.39 is 0 Å². The quantitative estimate of drug-likeness (QED) is 0.340. The third-order valence-corrected chi connectivity index (χ3v) is 5.82. The molecule has 0 bridgehead atoms. The van der Waals surface area contributed by atoms with Gasteiger partial charge in [0.25, 0.3) is 0 Å². The average Bonchev–Trinajstić information content (AvgIpc) is 3.13. The van der Waals surface area contributed by atoms with Gasteiger partial charge in [-0.15, -0.1) is 12.4 Å². The minimum atomic E-state index is 0. The molecule has 0 aliphatic carbocycles. The summed E-state index contributed by atoms with van der Waals surface area (Å²) in [4.78, 5) is 15.8. The lowest BCUT2D eigenvalue weighted by atomic mass is 10.00. The van der Waals surface area contributed by atoms with E-state index >= 15 is 0 Å². The Balaban J connectivity index is 0.00000320. The molecule has 30 heavy (non-hydrogen) atoms. The minimum absolute atomic E-state index is 0. The van der Waals surface area contributed by atoms with Gasteiger partial charge in [0.2, 0.25) is 5.78 Å². The molecule has 0 unspecified atom stereocenters. The van der Waals surface area contributed by atoms with Crippen LogP contribution < -0.4 is 0 Å². The van der Waals surface area contributed by atoms with Gasteiger partial charge in [-0.3, -0.25) is 4.79 Å². The lowest BCUT2D eigenvalue weighted by Gasteiger charge is -2.17. The second-order valence-electron chi connectivity index (χ2n) is 7.77. The van der Waals surface area contributed by atoms with Crippen LogP contribution in [0.3, 0.4) is 0 Å². The van der Waals surface area contributed by atoms with Crippen LogP contribution in [-0.4, -0.2) is 34.7 Å². The van der Waals surface area contributed by atoms with E-state index in [2.05, 4.69) is 49.9 Å². The monoisotopic (exact) mass is 426 g/mol. The number of unbranched alkanes of at least 4 members (excludes halogenated alkanes) is 1. The largest absolute Gasteiger partial charge is 0.313 e. The van der Waals surface area contributed by atoms with Gasteiger partial charge in [-0.1, -0.05) is 57.5 Å². The van der Waals surface area contributed by atoms with Crippen molar-refractivity contribution in [3.05, 3.63) is 77.1 Å². The van der Waals surface area contributed by atoms with Gasteiger partial charge in [0.1, 0.15) is 0 Å². The summed E-state index contributed by atoms with van der Waals surface area (Å²) in [5.41, 5.74) is 5.16. The van der Waals surface area contributed by atoms with Crippen molar-refractivity contribution >= 4 is 23.7 Å².